The summed E-state index contributed by atoms with van der Waals surface area (Å²) in [5.74, 6) is 0.185. The molecule has 0 spiro atoms. The second-order valence-electron chi connectivity index (χ2n) is 9.77. The van der Waals surface area contributed by atoms with Gasteiger partial charge in [0.1, 0.15) is 17.9 Å². The number of anilines is 1. The highest BCUT2D eigenvalue weighted by Crippen LogP contribution is 2.40. The monoisotopic (exact) mass is 519 g/mol. The molecule has 1 aromatic carbocycles. The average molecular weight is 520 g/mol. The Hall–Kier alpha value is -2.20. The average Bonchev–Trinajstić information content (AvgIpc) is 3.45. The van der Waals surface area contributed by atoms with Crippen LogP contribution in [0.5, 0.6) is 6.01 Å². The normalized spacial score (nSPS) is 26.2. The molecule has 4 fully saturated rings. The molecule has 33 heavy (non-hydrogen) atoms. The Morgan fingerprint density at radius 1 is 1.18 bits per heavy atom. The van der Waals surface area contributed by atoms with E-state index in [1.165, 1.54) is 12.8 Å². The first-order chi connectivity index (χ1) is 15.9. The van der Waals surface area contributed by atoms with Crippen LogP contribution in [0, 0.1) is 5.82 Å². The van der Waals surface area contributed by atoms with E-state index in [4.69, 9.17) is 9.72 Å². The lowest BCUT2D eigenvalue weighted by atomic mass is 9.95. The Bertz CT molecular complexity index is 1090. The molecule has 4 saturated heterocycles. The van der Waals surface area contributed by atoms with Crippen LogP contribution >= 0.6 is 15.9 Å². The quantitative estimate of drug-likeness (QED) is 0.656. The summed E-state index contributed by atoms with van der Waals surface area (Å²) in [5, 5.41) is 10.2. The molecule has 176 valence electrons. The van der Waals surface area contributed by atoms with Gasteiger partial charge >= 0.3 is 12.1 Å². The summed E-state index contributed by atoms with van der Waals surface area (Å²) in [6.07, 6.45) is 5.35. The lowest BCUT2D eigenvalue weighted by Crippen LogP contribution is -2.55. The summed E-state index contributed by atoms with van der Waals surface area (Å²) >= 11 is 3.27. The van der Waals surface area contributed by atoms with E-state index in [9.17, 15) is 9.90 Å². The van der Waals surface area contributed by atoms with Gasteiger partial charge in [-0.05, 0) is 79.7 Å². The SMILES string of the molecule is O=C(O)N1C2CCC1CN(c1nc(OCC34CCCN3CCC4)nc3c(F)c(Br)ccc13)C2. The van der Waals surface area contributed by atoms with Crippen molar-refractivity contribution in [2.45, 2.75) is 56.1 Å². The molecule has 2 aromatic rings. The molecule has 2 unspecified atom stereocenters. The van der Waals surface area contributed by atoms with Gasteiger partial charge in [-0.2, -0.15) is 9.97 Å². The van der Waals surface area contributed by atoms with E-state index in [1.54, 1.807) is 11.0 Å². The van der Waals surface area contributed by atoms with Gasteiger partial charge in [-0.1, -0.05) is 0 Å². The van der Waals surface area contributed by atoms with Crippen LogP contribution in [0.1, 0.15) is 38.5 Å². The molecule has 8 nitrogen and oxygen atoms in total. The fourth-order valence-corrected chi connectivity index (χ4v) is 6.77. The van der Waals surface area contributed by atoms with Gasteiger partial charge in [0.05, 0.1) is 22.1 Å². The molecule has 1 amide bonds. The number of hydrogen-bond donors (Lipinski definition) is 1. The summed E-state index contributed by atoms with van der Waals surface area (Å²) < 4.78 is 21.6. The minimum Gasteiger partial charge on any atom is -0.465 e. The topological polar surface area (TPSA) is 82.0 Å². The van der Waals surface area contributed by atoms with Gasteiger partial charge in [-0.25, -0.2) is 9.18 Å². The number of aromatic nitrogens is 2. The highest BCUT2D eigenvalue weighted by atomic mass is 79.9. The first-order valence-corrected chi connectivity index (χ1v) is 12.5. The number of benzene rings is 1. The van der Waals surface area contributed by atoms with E-state index in [2.05, 4.69) is 30.7 Å². The fourth-order valence-electron chi connectivity index (χ4n) is 6.45. The number of ether oxygens (including phenoxy) is 1. The maximum Gasteiger partial charge on any atom is 0.407 e. The van der Waals surface area contributed by atoms with E-state index in [1.807, 2.05) is 6.07 Å². The minimum absolute atomic E-state index is 0.0422. The highest BCUT2D eigenvalue weighted by molar-refractivity contribution is 9.10. The predicted molar refractivity (Wildman–Crippen MR) is 124 cm³/mol. The molecular weight excluding hydrogens is 493 g/mol. The third kappa shape index (κ3) is 3.44. The van der Waals surface area contributed by atoms with Crippen molar-refractivity contribution < 1.29 is 19.0 Å². The van der Waals surface area contributed by atoms with E-state index in [-0.39, 0.29) is 29.1 Å². The smallest absolute Gasteiger partial charge is 0.407 e. The largest absolute Gasteiger partial charge is 0.465 e. The van der Waals surface area contributed by atoms with E-state index in [0.717, 1.165) is 38.8 Å². The van der Waals surface area contributed by atoms with Gasteiger partial charge in [0.2, 0.25) is 0 Å². The number of nitrogens with zero attached hydrogens (tertiary/aromatic N) is 5. The zero-order valence-corrected chi connectivity index (χ0v) is 19.9. The third-order valence-corrected chi connectivity index (χ3v) is 8.62. The lowest BCUT2D eigenvalue weighted by Gasteiger charge is -2.40. The molecule has 4 aliphatic heterocycles. The van der Waals surface area contributed by atoms with Crippen LogP contribution in [0.2, 0.25) is 0 Å². The number of rotatable bonds is 4. The molecule has 2 atom stereocenters. The highest BCUT2D eigenvalue weighted by Gasteiger charge is 2.46. The zero-order chi connectivity index (χ0) is 22.7. The van der Waals surface area contributed by atoms with Crippen LogP contribution < -0.4 is 9.64 Å². The summed E-state index contributed by atoms with van der Waals surface area (Å²) in [5.41, 5.74) is 0.269. The van der Waals surface area contributed by atoms with E-state index < -0.39 is 11.9 Å². The number of carbonyl (C=O) groups is 1. The number of amides is 1. The van der Waals surface area contributed by atoms with Crippen LogP contribution in [-0.2, 0) is 0 Å². The minimum atomic E-state index is -0.870. The molecule has 1 N–H and O–H groups in total. The van der Waals surface area contributed by atoms with Crippen LogP contribution in [0.4, 0.5) is 15.0 Å². The lowest BCUT2D eigenvalue weighted by molar-refractivity contribution is 0.107. The second kappa shape index (κ2) is 7.94. The fraction of sp³-hybridized carbons (Fsp3) is 0.609. The maximum absolute atomic E-state index is 15.1. The Balaban J connectivity index is 1.35. The van der Waals surface area contributed by atoms with Crippen molar-refractivity contribution in [3.63, 3.8) is 0 Å². The van der Waals surface area contributed by atoms with Crippen molar-refractivity contribution in [2.24, 2.45) is 0 Å². The van der Waals surface area contributed by atoms with Crippen molar-refractivity contribution in [3.8, 4) is 6.01 Å². The van der Waals surface area contributed by atoms with Crippen molar-refractivity contribution in [3.05, 3.63) is 22.4 Å². The van der Waals surface area contributed by atoms with Gasteiger partial charge in [0.25, 0.3) is 0 Å². The van der Waals surface area contributed by atoms with Crippen molar-refractivity contribution in [1.82, 2.24) is 19.8 Å². The van der Waals surface area contributed by atoms with Crippen LogP contribution in [-0.4, -0.2) is 81.4 Å². The third-order valence-electron chi connectivity index (χ3n) is 8.00. The van der Waals surface area contributed by atoms with E-state index in [0.29, 0.717) is 35.4 Å². The molecule has 4 aliphatic rings. The van der Waals surface area contributed by atoms with Gasteiger partial charge in [-0.3, -0.25) is 9.80 Å². The summed E-state index contributed by atoms with van der Waals surface area (Å²) in [4.78, 5) is 27.1. The number of halogens is 2. The predicted octanol–water partition coefficient (Wildman–Crippen LogP) is 3.87. The Kier molecular flexibility index (Phi) is 5.13. The van der Waals surface area contributed by atoms with Crippen molar-refractivity contribution in [2.75, 3.05) is 37.7 Å². The van der Waals surface area contributed by atoms with Gasteiger partial charge < -0.3 is 14.7 Å². The standard InChI is InChI=1S/C23H27BrFN5O3/c24-17-6-5-16-19(18(17)25)26-21(33-13-23-7-1-9-29(23)10-2-8-23)27-20(16)28-11-14-3-4-15(12-28)30(14)22(31)32/h5-6,14-15H,1-4,7-13H2,(H,31,32). The van der Waals surface area contributed by atoms with E-state index >= 15 is 4.39 Å². The number of fused-ring (bicyclic) bond motifs is 4. The first kappa shape index (κ1) is 21.3. The van der Waals surface area contributed by atoms with Crippen molar-refractivity contribution >= 4 is 38.7 Å². The summed E-state index contributed by atoms with van der Waals surface area (Å²) in [7, 11) is 0. The molecule has 2 bridgehead atoms. The first-order valence-electron chi connectivity index (χ1n) is 11.7. The van der Waals surface area contributed by atoms with Crippen LogP contribution in [0.25, 0.3) is 10.9 Å². The Morgan fingerprint density at radius 2 is 1.88 bits per heavy atom. The number of hydrogen-bond acceptors (Lipinski definition) is 6. The molecule has 0 radical (unpaired) electrons. The number of piperazine rings is 1. The molecule has 1 aromatic heterocycles. The van der Waals surface area contributed by atoms with Gasteiger partial charge in [0, 0.05) is 18.5 Å². The summed E-state index contributed by atoms with van der Waals surface area (Å²) in [6.45, 7) is 3.77. The van der Waals surface area contributed by atoms with Crippen molar-refractivity contribution in [1.29, 1.82) is 0 Å². The maximum atomic E-state index is 15.1. The number of carboxylic acid groups (broad SMARTS) is 1. The second-order valence-corrected chi connectivity index (χ2v) is 10.6. The molecule has 0 saturated carbocycles. The summed E-state index contributed by atoms with van der Waals surface area (Å²) in [6, 6.07) is 3.51. The zero-order valence-electron chi connectivity index (χ0n) is 18.3. The Labute approximate surface area is 199 Å². The molecule has 0 aliphatic carbocycles. The van der Waals surface area contributed by atoms with Crippen LogP contribution in [0.3, 0.4) is 0 Å². The molecular formula is C23H27BrFN5O3. The molecule has 10 heteroatoms. The Morgan fingerprint density at radius 3 is 2.55 bits per heavy atom. The molecule has 6 rings (SSSR count). The molecule has 5 heterocycles. The van der Waals surface area contributed by atoms with Gasteiger partial charge in [-0.15, -0.1) is 0 Å². The van der Waals surface area contributed by atoms with Crippen LogP contribution in [0.15, 0.2) is 16.6 Å². The van der Waals surface area contributed by atoms with Gasteiger partial charge in [0.15, 0.2) is 5.82 Å².